The van der Waals surface area contributed by atoms with E-state index in [1.165, 1.54) is 14.2 Å². The molecule has 0 unspecified atom stereocenters. The highest BCUT2D eigenvalue weighted by Crippen LogP contribution is 2.34. The highest BCUT2D eigenvalue weighted by atomic mass is 79.9. The lowest BCUT2D eigenvalue weighted by Crippen LogP contribution is -2.11. The fraction of sp³-hybridized carbons (Fsp3) is 0.333. The van der Waals surface area contributed by atoms with Crippen LogP contribution in [0.2, 0.25) is 0 Å². The molecule has 0 saturated heterocycles. The number of ether oxygens (including phenoxy) is 1. The average molecular weight is 262 g/mol. The molecule has 0 aromatic heterocycles. The molecule has 1 rings (SSSR count). The molecule has 0 aliphatic heterocycles. The SMILES string of the molecule is CONCc1c(Br)ccc(OC)c1O. The van der Waals surface area contributed by atoms with Gasteiger partial charge in [0.2, 0.25) is 0 Å². The number of nitrogens with one attached hydrogen (secondary N) is 1. The molecule has 4 nitrogen and oxygen atoms in total. The van der Waals surface area contributed by atoms with E-state index in [1.54, 1.807) is 6.07 Å². The van der Waals surface area contributed by atoms with Crippen molar-refractivity contribution in [3.63, 3.8) is 0 Å². The summed E-state index contributed by atoms with van der Waals surface area (Å²) in [7, 11) is 3.03. The van der Waals surface area contributed by atoms with E-state index < -0.39 is 0 Å². The van der Waals surface area contributed by atoms with Crippen molar-refractivity contribution in [2.24, 2.45) is 0 Å². The zero-order valence-electron chi connectivity index (χ0n) is 8.00. The molecular weight excluding hydrogens is 250 g/mol. The smallest absolute Gasteiger partial charge is 0.163 e. The summed E-state index contributed by atoms with van der Waals surface area (Å²) in [5, 5.41) is 9.75. The van der Waals surface area contributed by atoms with Gasteiger partial charge in [-0.2, -0.15) is 5.48 Å². The topological polar surface area (TPSA) is 50.7 Å². The third-order valence-corrected chi connectivity index (χ3v) is 2.54. The zero-order valence-corrected chi connectivity index (χ0v) is 9.59. The van der Waals surface area contributed by atoms with Gasteiger partial charge in [-0.05, 0) is 12.1 Å². The largest absolute Gasteiger partial charge is 0.504 e. The Labute approximate surface area is 90.9 Å². The molecule has 0 saturated carbocycles. The standard InChI is InChI=1S/C9H12BrNO3/c1-13-8-4-3-7(10)6(9(8)12)5-11-14-2/h3-4,11-12H,5H2,1-2H3. The number of aromatic hydroxyl groups is 1. The monoisotopic (exact) mass is 261 g/mol. The Hall–Kier alpha value is -0.780. The van der Waals surface area contributed by atoms with Gasteiger partial charge in [0.05, 0.1) is 20.8 Å². The van der Waals surface area contributed by atoms with Gasteiger partial charge in [0, 0.05) is 10.0 Å². The van der Waals surface area contributed by atoms with Crippen LogP contribution in [0.4, 0.5) is 0 Å². The van der Waals surface area contributed by atoms with Gasteiger partial charge < -0.3 is 14.7 Å². The molecule has 0 radical (unpaired) electrons. The fourth-order valence-corrected chi connectivity index (χ4v) is 1.53. The number of hydroxylamine groups is 1. The molecule has 0 heterocycles. The van der Waals surface area contributed by atoms with Gasteiger partial charge in [0.1, 0.15) is 0 Å². The Bertz CT molecular complexity index is 317. The summed E-state index contributed by atoms with van der Waals surface area (Å²) in [5.74, 6) is 0.563. The molecular formula is C9H12BrNO3. The van der Waals surface area contributed by atoms with Crippen LogP contribution in [0, 0.1) is 0 Å². The van der Waals surface area contributed by atoms with Crippen LogP contribution in [0.3, 0.4) is 0 Å². The Kier molecular flexibility index (Phi) is 4.19. The van der Waals surface area contributed by atoms with Crippen LogP contribution in [0.1, 0.15) is 5.56 Å². The third kappa shape index (κ3) is 2.37. The predicted molar refractivity (Wildman–Crippen MR) is 56.2 cm³/mol. The van der Waals surface area contributed by atoms with E-state index in [0.29, 0.717) is 17.9 Å². The van der Waals surface area contributed by atoms with Gasteiger partial charge in [0.15, 0.2) is 11.5 Å². The van der Waals surface area contributed by atoms with Crippen molar-refractivity contribution in [1.29, 1.82) is 0 Å². The number of phenolic OH excluding ortho intramolecular Hbond substituents is 1. The van der Waals surface area contributed by atoms with Gasteiger partial charge in [-0.15, -0.1) is 0 Å². The third-order valence-electron chi connectivity index (χ3n) is 1.80. The predicted octanol–water partition coefficient (Wildman–Crippen LogP) is 1.81. The first-order valence-corrected chi connectivity index (χ1v) is 4.80. The minimum Gasteiger partial charge on any atom is -0.504 e. The molecule has 14 heavy (non-hydrogen) atoms. The fourth-order valence-electron chi connectivity index (χ4n) is 1.07. The maximum atomic E-state index is 9.75. The molecule has 78 valence electrons. The quantitative estimate of drug-likeness (QED) is 0.812. The van der Waals surface area contributed by atoms with Gasteiger partial charge in [-0.1, -0.05) is 15.9 Å². The van der Waals surface area contributed by atoms with Crippen molar-refractivity contribution in [2.45, 2.75) is 6.54 Å². The summed E-state index contributed by atoms with van der Waals surface area (Å²) in [4.78, 5) is 4.71. The Morgan fingerprint density at radius 1 is 1.43 bits per heavy atom. The summed E-state index contributed by atoms with van der Waals surface area (Å²) in [6, 6.07) is 3.50. The van der Waals surface area contributed by atoms with Crippen LogP contribution in [-0.4, -0.2) is 19.3 Å². The molecule has 5 heteroatoms. The maximum absolute atomic E-state index is 9.75. The second kappa shape index (κ2) is 5.19. The Morgan fingerprint density at radius 3 is 2.71 bits per heavy atom. The number of hydrogen-bond acceptors (Lipinski definition) is 4. The molecule has 0 fully saturated rings. The number of methoxy groups -OCH3 is 1. The van der Waals surface area contributed by atoms with Crippen LogP contribution >= 0.6 is 15.9 Å². The van der Waals surface area contributed by atoms with Gasteiger partial charge in [0.25, 0.3) is 0 Å². The first-order chi connectivity index (χ1) is 6.70. The van der Waals surface area contributed by atoms with Crippen LogP contribution < -0.4 is 10.2 Å². The Balaban J connectivity index is 2.99. The van der Waals surface area contributed by atoms with Crippen LogP contribution in [0.25, 0.3) is 0 Å². The minimum absolute atomic E-state index is 0.117. The number of hydrogen-bond donors (Lipinski definition) is 2. The summed E-state index contributed by atoms with van der Waals surface area (Å²) in [5.41, 5.74) is 3.35. The summed E-state index contributed by atoms with van der Waals surface area (Å²) < 4.78 is 5.79. The first-order valence-electron chi connectivity index (χ1n) is 4.01. The van der Waals surface area contributed by atoms with Crippen molar-refractivity contribution in [2.75, 3.05) is 14.2 Å². The highest BCUT2D eigenvalue weighted by molar-refractivity contribution is 9.10. The van der Waals surface area contributed by atoms with Crippen molar-refractivity contribution in [3.8, 4) is 11.5 Å². The van der Waals surface area contributed by atoms with Crippen LogP contribution in [0.5, 0.6) is 11.5 Å². The zero-order chi connectivity index (χ0) is 10.6. The molecule has 2 N–H and O–H groups in total. The van der Waals surface area contributed by atoms with E-state index in [1.807, 2.05) is 6.07 Å². The lowest BCUT2D eigenvalue weighted by molar-refractivity contribution is 0.0859. The molecule has 0 aliphatic rings. The van der Waals surface area contributed by atoms with E-state index in [0.717, 1.165) is 4.47 Å². The van der Waals surface area contributed by atoms with Crippen molar-refractivity contribution >= 4 is 15.9 Å². The molecule has 0 spiro atoms. The summed E-state index contributed by atoms with van der Waals surface area (Å²) >= 11 is 3.33. The van der Waals surface area contributed by atoms with E-state index in [-0.39, 0.29) is 5.75 Å². The lowest BCUT2D eigenvalue weighted by Gasteiger charge is -2.10. The summed E-state index contributed by atoms with van der Waals surface area (Å²) in [6.45, 7) is 0.403. The van der Waals surface area contributed by atoms with E-state index >= 15 is 0 Å². The lowest BCUT2D eigenvalue weighted by atomic mass is 10.2. The number of benzene rings is 1. The van der Waals surface area contributed by atoms with E-state index in [2.05, 4.69) is 21.4 Å². The average Bonchev–Trinajstić information content (AvgIpc) is 2.18. The normalized spacial score (nSPS) is 10.2. The van der Waals surface area contributed by atoms with Gasteiger partial charge in [-0.25, -0.2) is 0 Å². The molecule has 0 aliphatic carbocycles. The van der Waals surface area contributed by atoms with Crippen molar-refractivity contribution < 1.29 is 14.7 Å². The maximum Gasteiger partial charge on any atom is 0.163 e. The Morgan fingerprint density at radius 2 is 2.14 bits per heavy atom. The number of rotatable bonds is 4. The first kappa shape index (κ1) is 11.3. The van der Waals surface area contributed by atoms with Gasteiger partial charge >= 0.3 is 0 Å². The molecule has 0 amide bonds. The second-order valence-corrected chi connectivity index (χ2v) is 3.46. The number of halogens is 1. The molecule has 0 atom stereocenters. The van der Waals surface area contributed by atoms with E-state index in [9.17, 15) is 5.11 Å². The second-order valence-electron chi connectivity index (χ2n) is 2.60. The molecule has 1 aromatic rings. The molecule has 0 bridgehead atoms. The van der Waals surface area contributed by atoms with Crippen molar-refractivity contribution in [1.82, 2.24) is 5.48 Å². The van der Waals surface area contributed by atoms with Crippen LogP contribution in [0.15, 0.2) is 16.6 Å². The van der Waals surface area contributed by atoms with E-state index in [4.69, 9.17) is 9.57 Å². The van der Waals surface area contributed by atoms with Gasteiger partial charge in [-0.3, -0.25) is 0 Å². The van der Waals surface area contributed by atoms with Crippen molar-refractivity contribution in [3.05, 3.63) is 22.2 Å². The number of phenols is 1. The summed E-state index contributed by atoms with van der Waals surface area (Å²) in [6.07, 6.45) is 0. The molecule has 1 aromatic carbocycles. The highest BCUT2D eigenvalue weighted by Gasteiger charge is 2.10. The minimum atomic E-state index is 0.117. The van der Waals surface area contributed by atoms with Crippen LogP contribution in [-0.2, 0) is 11.4 Å².